The van der Waals surface area contributed by atoms with Crippen LogP contribution >= 0.6 is 0 Å². The molecule has 0 bridgehead atoms. The Bertz CT molecular complexity index is 293. The van der Waals surface area contributed by atoms with E-state index in [1.54, 1.807) is 6.92 Å². The van der Waals surface area contributed by atoms with Crippen molar-refractivity contribution in [1.82, 2.24) is 15.5 Å². The van der Waals surface area contributed by atoms with Gasteiger partial charge in [0.15, 0.2) is 5.82 Å². The number of rotatable bonds is 1. The van der Waals surface area contributed by atoms with Gasteiger partial charge in [0.25, 0.3) is 5.89 Å². The van der Waals surface area contributed by atoms with E-state index in [0.717, 1.165) is 13.0 Å². The Kier molecular flexibility index (Phi) is 2.03. The van der Waals surface area contributed by atoms with E-state index in [9.17, 15) is 4.39 Å². The topological polar surface area (TPSA) is 51.0 Å². The van der Waals surface area contributed by atoms with Crippen LogP contribution < -0.4 is 5.32 Å². The maximum atomic E-state index is 14.1. The van der Waals surface area contributed by atoms with Gasteiger partial charge in [-0.3, -0.25) is 0 Å². The second-order valence-electron chi connectivity index (χ2n) is 3.39. The molecular formula is C8H12FN3O. The van der Waals surface area contributed by atoms with Gasteiger partial charge in [0.2, 0.25) is 5.67 Å². The highest BCUT2D eigenvalue weighted by Crippen LogP contribution is 2.31. The van der Waals surface area contributed by atoms with Crippen LogP contribution in [-0.4, -0.2) is 23.2 Å². The van der Waals surface area contributed by atoms with Gasteiger partial charge < -0.3 is 9.84 Å². The van der Waals surface area contributed by atoms with Crippen LogP contribution in [0, 0.1) is 6.92 Å². The summed E-state index contributed by atoms with van der Waals surface area (Å²) in [6, 6.07) is 0. The highest BCUT2D eigenvalue weighted by molar-refractivity contribution is 5.01. The minimum absolute atomic E-state index is 0.109. The van der Waals surface area contributed by atoms with Gasteiger partial charge in [0.05, 0.1) is 0 Å². The number of hydrogen-bond donors (Lipinski definition) is 1. The fraction of sp³-hybridized carbons (Fsp3) is 0.750. The number of nitrogens with zero attached hydrogens (tertiary/aromatic N) is 2. The molecule has 2 rings (SSSR count). The molecular weight excluding hydrogens is 173 g/mol. The Balaban J connectivity index is 2.22. The molecule has 1 aliphatic rings. The third-order valence-electron chi connectivity index (χ3n) is 2.24. The molecule has 1 N–H and O–H groups in total. The first-order valence-electron chi connectivity index (χ1n) is 4.41. The van der Waals surface area contributed by atoms with Crippen LogP contribution in [0.2, 0.25) is 0 Å². The Labute approximate surface area is 75.5 Å². The Morgan fingerprint density at radius 2 is 2.46 bits per heavy atom. The Morgan fingerprint density at radius 3 is 3.00 bits per heavy atom. The van der Waals surface area contributed by atoms with Crippen LogP contribution in [-0.2, 0) is 5.67 Å². The van der Waals surface area contributed by atoms with Crippen LogP contribution in [0.1, 0.15) is 24.6 Å². The summed E-state index contributed by atoms with van der Waals surface area (Å²) in [5, 5.41) is 6.56. The Hall–Kier alpha value is -0.970. The van der Waals surface area contributed by atoms with Gasteiger partial charge in [-0.15, -0.1) is 0 Å². The minimum atomic E-state index is -1.46. The van der Waals surface area contributed by atoms with Gasteiger partial charge in [-0.2, -0.15) is 4.98 Å². The van der Waals surface area contributed by atoms with Crippen LogP contribution in [0.15, 0.2) is 4.52 Å². The van der Waals surface area contributed by atoms with Crippen molar-refractivity contribution in [3.63, 3.8) is 0 Å². The molecule has 2 heterocycles. The number of hydrogen-bond acceptors (Lipinski definition) is 4. The standard InChI is InChI=1S/C8H12FN3O/c1-6-11-7(13-12-6)8(9)3-2-4-10-5-8/h10H,2-5H2,1H3. The van der Waals surface area contributed by atoms with Gasteiger partial charge in [0.1, 0.15) is 0 Å². The third-order valence-corrected chi connectivity index (χ3v) is 2.24. The molecule has 5 heteroatoms. The largest absolute Gasteiger partial charge is 0.336 e. The van der Waals surface area contributed by atoms with E-state index in [4.69, 9.17) is 4.52 Å². The first kappa shape index (κ1) is 8.62. The molecule has 0 aliphatic carbocycles. The number of piperidine rings is 1. The number of nitrogens with one attached hydrogen (secondary N) is 1. The average molecular weight is 185 g/mol. The summed E-state index contributed by atoms with van der Waals surface area (Å²) in [4.78, 5) is 3.91. The predicted molar refractivity (Wildman–Crippen MR) is 43.9 cm³/mol. The van der Waals surface area contributed by atoms with E-state index in [1.807, 2.05) is 0 Å². The molecule has 0 saturated carbocycles. The second-order valence-corrected chi connectivity index (χ2v) is 3.39. The number of aryl methyl sites for hydroxylation is 1. The SMILES string of the molecule is Cc1noc(C2(F)CCCNC2)n1. The van der Waals surface area contributed by atoms with Crippen molar-refractivity contribution in [2.45, 2.75) is 25.4 Å². The van der Waals surface area contributed by atoms with E-state index in [-0.39, 0.29) is 12.4 Å². The van der Waals surface area contributed by atoms with Crippen LogP contribution in [0.3, 0.4) is 0 Å². The molecule has 4 nitrogen and oxygen atoms in total. The van der Waals surface area contributed by atoms with Crippen molar-refractivity contribution in [3.8, 4) is 0 Å². The zero-order chi connectivity index (χ0) is 9.31. The van der Waals surface area contributed by atoms with Gasteiger partial charge in [0, 0.05) is 6.54 Å². The first-order valence-corrected chi connectivity index (χ1v) is 4.41. The third kappa shape index (κ3) is 1.56. The fourth-order valence-corrected chi connectivity index (χ4v) is 1.53. The van der Waals surface area contributed by atoms with Crippen LogP contribution in [0.5, 0.6) is 0 Å². The normalized spacial score (nSPS) is 29.1. The van der Waals surface area contributed by atoms with Crippen molar-refractivity contribution in [3.05, 3.63) is 11.7 Å². The lowest BCUT2D eigenvalue weighted by Gasteiger charge is -2.26. The molecule has 1 fully saturated rings. The highest BCUT2D eigenvalue weighted by Gasteiger charge is 2.39. The number of aromatic nitrogens is 2. The van der Waals surface area contributed by atoms with E-state index in [0.29, 0.717) is 12.2 Å². The minimum Gasteiger partial charge on any atom is -0.336 e. The molecule has 0 radical (unpaired) electrons. The maximum Gasteiger partial charge on any atom is 0.265 e. The monoisotopic (exact) mass is 185 g/mol. The molecule has 72 valence electrons. The Morgan fingerprint density at radius 1 is 1.62 bits per heavy atom. The molecule has 1 unspecified atom stereocenters. The maximum absolute atomic E-state index is 14.1. The molecule has 1 aromatic heterocycles. The summed E-state index contributed by atoms with van der Waals surface area (Å²) in [5.74, 6) is 0.592. The highest BCUT2D eigenvalue weighted by atomic mass is 19.1. The molecule has 1 aromatic rings. The molecule has 1 atom stereocenters. The summed E-state index contributed by atoms with van der Waals surface area (Å²) in [6.07, 6.45) is 1.26. The quantitative estimate of drug-likeness (QED) is 0.707. The number of halogens is 1. The van der Waals surface area contributed by atoms with E-state index in [2.05, 4.69) is 15.5 Å². The van der Waals surface area contributed by atoms with Gasteiger partial charge in [-0.05, 0) is 26.3 Å². The summed E-state index contributed by atoms with van der Waals surface area (Å²) in [5.41, 5.74) is -1.46. The second kappa shape index (κ2) is 3.06. The molecule has 1 aliphatic heterocycles. The zero-order valence-corrected chi connectivity index (χ0v) is 7.51. The summed E-state index contributed by atoms with van der Waals surface area (Å²) < 4.78 is 18.9. The molecule has 1 saturated heterocycles. The van der Waals surface area contributed by atoms with Gasteiger partial charge in [-0.1, -0.05) is 5.16 Å². The summed E-state index contributed by atoms with van der Waals surface area (Å²) in [7, 11) is 0. The van der Waals surface area contributed by atoms with E-state index < -0.39 is 5.67 Å². The van der Waals surface area contributed by atoms with Crippen molar-refractivity contribution in [2.24, 2.45) is 0 Å². The van der Waals surface area contributed by atoms with Gasteiger partial charge in [-0.25, -0.2) is 4.39 Å². The lowest BCUT2D eigenvalue weighted by Crippen LogP contribution is -2.40. The lowest BCUT2D eigenvalue weighted by atomic mass is 9.96. The van der Waals surface area contributed by atoms with E-state index >= 15 is 0 Å². The molecule has 0 spiro atoms. The van der Waals surface area contributed by atoms with Crippen molar-refractivity contribution >= 4 is 0 Å². The predicted octanol–water partition coefficient (Wildman–Crippen LogP) is 0.926. The molecule has 0 amide bonds. The van der Waals surface area contributed by atoms with E-state index in [1.165, 1.54) is 0 Å². The van der Waals surface area contributed by atoms with Crippen molar-refractivity contribution in [2.75, 3.05) is 13.1 Å². The molecule has 13 heavy (non-hydrogen) atoms. The van der Waals surface area contributed by atoms with Gasteiger partial charge >= 0.3 is 0 Å². The summed E-state index contributed by atoms with van der Waals surface area (Å²) >= 11 is 0. The van der Waals surface area contributed by atoms with Crippen molar-refractivity contribution in [1.29, 1.82) is 0 Å². The average Bonchev–Trinajstić information content (AvgIpc) is 2.54. The van der Waals surface area contributed by atoms with Crippen molar-refractivity contribution < 1.29 is 8.91 Å². The smallest absolute Gasteiger partial charge is 0.265 e. The summed E-state index contributed by atoms with van der Waals surface area (Å²) in [6.45, 7) is 2.82. The fourth-order valence-electron chi connectivity index (χ4n) is 1.53. The first-order chi connectivity index (χ1) is 6.21. The van der Waals surface area contributed by atoms with Crippen LogP contribution in [0.25, 0.3) is 0 Å². The zero-order valence-electron chi connectivity index (χ0n) is 7.51. The lowest BCUT2D eigenvalue weighted by molar-refractivity contribution is 0.0785. The molecule has 0 aromatic carbocycles. The number of alkyl halides is 1. The van der Waals surface area contributed by atoms with Crippen LogP contribution in [0.4, 0.5) is 4.39 Å².